The van der Waals surface area contributed by atoms with Gasteiger partial charge in [0.1, 0.15) is 0 Å². The normalized spacial score (nSPS) is 11.2. The third kappa shape index (κ3) is 5.00. The van der Waals surface area contributed by atoms with Gasteiger partial charge in [-0.2, -0.15) is 0 Å². The zero-order chi connectivity index (χ0) is 21.0. The van der Waals surface area contributed by atoms with E-state index in [1.54, 1.807) is 28.8 Å². The van der Waals surface area contributed by atoms with E-state index in [-0.39, 0.29) is 17.2 Å². The van der Waals surface area contributed by atoms with Crippen LogP contribution in [0.3, 0.4) is 0 Å². The molecule has 3 aromatic rings. The van der Waals surface area contributed by atoms with Crippen LogP contribution in [0.1, 0.15) is 25.8 Å². The van der Waals surface area contributed by atoms with E-state index in [0.717, 1.165) is 12.0 Å². The fourth-order valence-electron chi connectivity index (χ4n) is 2.94. The molecule has 0 saturated heterocycles. The molecule has 5 nitrogen and oxygen atoms in total. The van der Waals surface area contributed by atoms with E-state index >= 15 is 0 Å². The molecule has 0 spiro atoms. The molecule has 3 rings (SSSR count). The highest BCUT2D eigenvalue weighted by molar-refractivity contribution is 7.99. The van der Waals surface area contributed by atoms with Gasteiger partial charge in [0.05, 0.1) is 22.3 Å². The first-order chi connectivity index (χ1) is 13.9. The number of amides is 1. The lowest BCUT2D eigenvalue weighted by Gasteiger charge is -2.16. The van der Waals surface area contributed by atoms with Gasteiger partial charge >= 0.3 is 0 Å². The van der Waals surface area contributed by atoms with E-state index in [1.807, 2.05) is 25.1 Å². The van der Waals surface area contributed by atoms with Gasteiger partial charge in [-0.1, -0.05) is 55.4 Å². The van der Waals surface area contributed by atoms with E-state index in [2.05, 4.69) is 24.1 Å². The van der Waals surface area contributed by atoms with Crippen LogP contribution in [0.15, 0.2) is 52.4 Å². The number of aromatic nitrogens is 2. The number of hydrogen-bond donors (Lipinski definition) is 1. The number of carbonyl (C=O) groups is 1. The molecule has 0 aliphatic heterocycles. The fraction of sp³-hybridized carbons (Fsp3) is 0.318. The monoisotopic (exact) mass is 429 g/mol. The smallest absolute Gasteiger partial charge is 0.266 e. The Balaban J connectivity index is 1.98. The van der Waals surface area contributed by atoms with Crippen LogP contribution in [0.5, 0.6) is 0 Å². The Bertz CT molecular complexity index is 1100. The largest absolute Gasteiger partial charge is 0.355 e. The van der Waals surface area contributed by atoms with Crippen LogP contribution in [0.2, 0.25) is 5.02 Å². The van der Waals surface area contributed by atoms with Crippen molar-refractivity contribution in [2.24, 2.45) is 5.92 Å². The minimum absolute atomic E-state index is 0.0765. The molecular formula is C22H24ClN3O2S. The molecule has 0 aliphatic carbocycles. The molecule has 1 aromatic heterocycles. The van der Waals surface area contributed by atoms with E-state index in [0.29, 0.717) is 39.2 Å². The Morgan fingerprint density at radius 2 is 1.97 bits per heavy atom. The lowest BCUT2D eigenvalue weighted by Crippen LogP contribution is -2.28. The Morgan fingerprint density at radius 3 is 2.72 bits per heavy atom. The molecule has 0 unspecified atom stereocenters. The minimum Gasteiger partial charge on any atom is -0.355 e. The molecule has 1 N–H and O–H groups in total. The first-order valence-electron chi connectivity index (χ1n) is 9.55. The molecule has 2 aromatic carbocycles. The summed E-state index contributed by atoms with van der Waals surface area (Å²) in [5.74, 6) is 0.635. The van der Waals surface area contributed by atoms with Crippen LogP contribution in [0.25, 0.3) is 16.6 Å². The zero-order valence-electron chi connectivity index (χ0n) is 16.7. The van der Waals surface area contributed by atoms with Crippen molar-refractivity contribution in [3.05, 3.63) is 63.4 Å². The quantitative estimate of drug-likeness (QED) is 0.440. The average Bonchev–Trinajstić information content (AvgIpc) is 2.69. The summed E-state index contributed by atoms with van der Waals surface area (Å²) in [5, 5.41) is 4.49. The van der Waals surface area contributed by atoms with Gasteiger partial charge in [-0.05, 0) is 49.1 Å². The second kappa shape index (κ2) is 9.46. The summed E-state index contributed by atoms with van der Waals surface area (Å²) in [6, 6.07) is 12.7. The van der Waals surface area contributed by atoms with E-state index in [4.69, 9.17) is 11.6 Å². The number of hydrogen-bond acceptors (Lipinski definition) is 4. The van der Waals surface area contributed by atoms with Gasteiger partial charge in [-0.15, -0.1) is 0 Å². The number of nitrogens with one attached hydrogen (secondary N) is 1. The maximum atomic E-state index is 13.3. The molecule has 152 valence electrons. The topological polar surface area (TPSA) is 64.0 Å². The minimum atomic E-state index is -0.177. The van der Waals surface area contributed by atoms with Crippen LogP contribution in [0.4, 0.5) is 0 Å². The predicted octanol–water partition coefficient (Wildman–Crippen LogP) is 4.60. The van der Waals surface area contributed by atoms with E-state index in [9.17, 15) is 9.59 Å². The molecule has 29 heavy (non-hydrogen) atoms. The van der Waals surface area contributed by atoms with E-state index in [1.165, 1.54) is 11.8 Å². The molecule has 0 radical (unpaired) electrons. The highest BCUT2D eigenvalue weighted by Crippen LogP contribution is 2.26. The van der Waals surface area contributed by atoms with E-state index < -0.39 is 0 Å². The van der Waals surface area contributed by atoms with Crippen molar-refractivity contribution in [2.45, 2.75) is 32.3 Å². The summed E-state index contributed by atoms with van der Waals surface area (Å²) < 4.78 is 1.55. The van der Waals surface area contributed by atoms with Gasteiger partial charge in [0, 0.05) is 11.6 Å². The van der Waals surface area contributed by atoms with Gasteiger partial charge in [-0.3, -0.25) is 14.2 Å². The summed E-state index contributed by atoms with van der Waals surface area (Å²) in [6.45, 7) is 6.74. The van der Waals surface area contributed by atoms with Gasteiger partial charge in [-0.25, -0.2) is 4.98 Å². The molecule has 0 saturated carbocycles. The van der Waals surface area contributed by atoms with Crippen LogP contribution >= 0.6 is 23.4 Å². The zero-order valence-corrected chi connectivity index (χ0v) is 18.3. The molecule has 0 aliphatic rings. The van der Waals surface area contributed by atoms with Gasteiger partial charge in [0.15, 0.2) is 5.16 Å². The van der Waals surface area contributed by atoms with Crippen LogP contribution in [-0.2, 0) is 4.79 Å². The maximum absolute atomic E-state index is 13.3. The Hall–Kier alpha value is -2.31. The Kier molecular flexibility index (Phi) is 6.98. The number of halogens is 1. The summed E-state index contributed by atoms with van der Waals surface area (Å²) in [7, 11) is 0. The molecule has 1 heterocycles. The van der Waals surface area contributed by atoms with Crippen molar-refractivity contribution >= 4 is 40.2 Å². The second-order valence-electron chi connectivity index (χ2n) is 7.26. The van der Waals surface area contributed by atoms with Crippen molar-refractivity contribution < 1.29 is 4.79 Å². The lowest BCUT2D eigenvalue weighted by molar-refractivity contribution is -0.118. The Morgan fingerprint density at radius 1 is 1.21 bits per heavy atom. The molecule has 7 heteroatoms. The first-order valence-corrected chi connectivity index (χ1v) is 10.9. The summed E-state index contributed by atoms with van der Waals surface area (Å²) >= 11 is 7.54. The molecular weight excluding hydrogens is 406 g/mol. The molecule has 1 amide bonds. The molecule has 0 bridgehead atoms. The number of para-hydroxylation sites is 1. The SMILES string of the molecule is Cc1c(Cl)cccc1-n1c(SCC(=O)NCCC(C)C)nc2ccccc2c1=O. The average molecular weight is 430 g/mol. The molecule has 0 fully saturated rings. The van der Waals surface area contributed by atoms with Crippen molar-refractivity contribution in [3.63, 3.8) is 0 Å². The number of nitrogens with zero attached hydrogens (tertiary/aromatic N) is 2. The van der Waals surface area contributed by atoms with Gasteiger partial charge < -0.3 is 5.32 Å². The summed E-state index contributed by atoms with van der Waals surface area (Å²) in [4.78, 5) is 30.2. The Labute approximate surface area is 179 Å². The second-order valence-corrected chi connectivity index (χ2v) is 8.61. The van der Waals surface area contributed by atoms with Crippen molar-refractivity contribution in [3.8, 4) is 5.69 Å². The van der Waals surface area contributed by atoms with Crippen molar-refractivity contribution in [2.75, 3.05) is 12.3 Å². The third-order valence-electron chi connectivity index (χ3n) is 4.60. The van der Waals surface area contributed by atoms with Crippen LogP contribution < -0.4 is 10.9 Å². The number of rotatable bonds is 7. The number of fused-ring (bicyclic) bond motifs is 1. The third-order valence-corrected chi connectivity index (χ3v) is 5.95. The van der Waals surface area contributed by atoms with Crippen molar-refractivity contribution in [1.82, 2.24) is 14.9 Å². The van der Waals surface area contributed by atoms with Crippen LogP contribution in [-0.4, -0.2) is 27.8 Å². The number of thioether (sulfide) groups is 1. The van der Waals surface area contributed by atoms with Gasteiger partial charge in [0.2, 0.25) is 5.91 Å². The number of carbonyl (C=O) groups excluding carboxylic acids is 1. The predicted molar refractivity (Wildman–Crippen MR) is 120 cm³/mol. The highest BCUT2D eigenvalue weighted by Gasteiger charge is 2.16. The summed E-state index contributed by atoms with van der Waals surface area (Å²) in [6.07, 6.45) is 0.928. The highest BCUT2D eigenvalue weighted by atomic mass is 35.5. The van der Waals surface area contributed by atoms with Gasteiger partial charge in [0.25, 0.3) is 5.56 Å². The lowest BCUT2D eigenvalue weighted by atomic mass is 10.1. The van der Waals surface area contributed by atoms with Crippen LogP contribution in [0, 0.1) is 12.8 Å². The number of benzene rings is 2. The maximum Gasteiger partial charge on any atom is 0.266 e. The molecule has 0 atom stereocenters. The summed E-state index contributed by atoms with van der Waals surface area (Å²) in [5.41, 5.74) is 1.89. The van der Waals surface area contributed by atoms with Crippen molar-refractivity contribution in [1.29, 1.82) is 0 Å². The standard InChI is InChI=1S/C22H24ClN3O2S/c1-14(2)11-12-24-20(27)13-29-22-25-18-9-5-4-7-16(18)21(28)26(22)19-10-6-8-17(23)15(19)3/h4-10,14H,11-13H2,1-3H3,(H,24,27). The first kappa shape index (κ1) is 21.4. The fourth-order valence-corrected chi connectivity index (χ4v) is 3.95.